The number of hydrogen-bond donors (Lipinski definition) is 1. The molecule has 0 atom stereocenters. The minimum atomic E-state index is 0.189. The molecule has 1 aliphatic rings. The summed E-state index contributed by atoms with van der Waals surface area (Å²) in [6.07, 6.45) is 5.83. The Labute approximate surface area is 122 Å². The monoisotopic (exact) mass is 274 g/mol. The Morgan fingerprint density at radius 1 is 1.20 bits per heavy atom. The van der Waals surface area contributed by atoms with Crippen LogP contribution in [0, 0.1) is 6.92 Å². The van der Waals surface area contributed by atoms with Gasteiger partial charge < -0.3 is 10.2 Å². The fourth-order valence-corrected chi connectivity index (χ4v) is 2.69. The fraction of sp³-hybridized carbons (Fsp3) is 0.588. The van der Waals surface area contributed by atoms with Gasteiger partial charge in [-0.2, -0.15) is 0 Å². The van der Waals surface area contributed by atoms with E-state index < -0.39 is 0 Å². The number of rotatable bonds is 4. The number of amides is 1. The number of likely N-dealkylation sites (tertiary alicyclic amines) is 1. The zero-order valence-corrected chi connectivity index (χ0v) is 12.7. The third-order valence-electron chi connectivity index (χ3n) is 3.86. The van der Waals surface area contributed by atoms with Crippen LogP contribution in [-0.2, 0) is 0 Å². The summed E-state index contributed by atoms with van der Waals surface area (Å²) in [6, 6.07) is 6.12. The first kappa shape index (κ1) is 14.9. The van der Waals surface area contributed by atoms with Crippen molar-refractivity contribution in [1.82, 2.24) is 4.90 Å². The number of benzene rings is 1. The molecule has 0 spiro atoms. The lowest BCUT2D eigenvalue weighted by Gasteiger charge is -2.22. The highest BCUT2D eigenvalue weighted by Crippen LogP contribution is 2.21. The summed E-state index contributed by atoms with van der Waals surface area (Å²) < 4.78 is 0. The summed E-state index contributed by atoms with van der Waals surface area (Å²) in [5.74, 6) is 0.189. The topological polar surface area (TPSA) is 32.3 Å². The molecule has 2 rings (SSSR count). The van der Waals surface area contributed by atoms with Gasteiger partial charge in [-0.15, -0.1) is 0 Å². The Morgan fingerprint density at radius 2 is 1.90 bits per heavy atom. The van der Waals surface area contributed by atoms with E-state index in [0.29, 0.717) is 0 Å². The van der Waals surface area contributed by atoms with Crippen LogP contribution in [0.1, 0.15) is 54.9 Å². The normalized spacial score (nSPS) is 15.8. The van der Waals surface area contributed by atoms with Crippen LogP contribution in [0.4, 0.5) is 5.69 Å². The van der Waals surface area contributed by atoms with Crippen LogP contribution in [0.15, 0.2) is 18.2 Å². The first-order valence-electron chi connectivity index (χ1n) is 7.86. The molecule has 0 saturated carbocycles. The minimum Gasteiger partial charge on any atom is -0.384 e. The van der Waals surface area contributed by atoms with E-state index in [0.717, 1.165) is 55.7 Å². The van der Waals surface area contributed by atoms with Crippen LogP contribution < -0.4 is 5.32 Å². The Hall–Kier alpha value is -1.51. The molecule has 1 aromatic rings. The molecule has 0 bridgehead atoms. The summed E-state index contributed by atoms with van der Waals surface area (Å²) in [4.78, 5) is 14.8. The van der Waals surface area contributed by atoms with E-state index in [-0.39, 0.29) is 5.91 Å². The van der Waals surface area contributed by atoms with Gasteiger partial charge >= 0.3 is 0 Å². The number of hydrogen-bond acceptors (Lipinski definition) is 2. The Morgan fingerprint density at radius 3 is 2.55 bits per heavy atom. The quantitative estimate of drug-likeness (QED) is 0.905. The van der Waals surface area contributed by atoms with Crippen molar-refractivity contribution in [3.05, 3.63) is 29.3 Å². The predicted molar refractivity (Wildman–Crippen MR) is 84.3 cm³/mol. The number of anilines is 1. The van der Waals surface area contributed by atoms with Gasteiger partial charge in [0.05, 0.1) is 5.56 Å². The van der Waals surface area contributed by atoms with Gasteiger partial charge in [-0.3, -0.25) is 4.79 Å². The Balaban J connectivity index is 2.20. The lowest BCUT2D eigenvalue weighted by atomic mass is 10.1. The summed E-state index contributed by atoms with van der Waals surface area (Å²) in [7, 11) is 0. The van der Waals surface area contributed by atoms with Crippen LogP contribution in [0.5, 0.6) is 0 Å². The molecule has 1 fully saturated rings. The highest BCUT2D eigenvalue weighted by molar-refractivity contribution is 5.99. The molecule has 1 saturated heterocycles. The lowest BCUT2D eigenvalue weighted by molar-refractivity contribution is 0.0762. The van der Waals surface area contributed by atoms with Crippen molar-refractivity contribution in [2.24, 2.45) is 0 Å². The summed E-state index contributed by atoms with van der Waals surface area (Å²) >= 11 is 0. The van der Waals surface area contributed by atoms with Gasteiger partial charge in [0.25, 0.3) is 5.91 Å². The molecule has 3 nitrogen and oxygen atoms in total. The average Bonchev–Trinajstić information content (AvgIpc) is 2.74. The second kappa shape index (κ2) is 7.32. The average molecular weight is 274 g/mol. The van der Waals surface area contributed by atoms with Gasteiger partial charge in [0.15, 0.2) is 0 Å². The molecule has 3 heteroatoms. The van der Waals surface area contributed by atoms with Gasteiger partial charge in [0, 0.05) is 25.3 Å². The molecular weight excluding hydrogens is 248 g/mol. The summed E-state index contributed by atoms with van der Waals surface area (Å²) in [6.45, 7) is 6.89. The van der Waals surface area contributed by atoms with Gasteiger partial charge in [-0.05, 0) is 38.3 Å². The van der Waals surface area contributed by atoms with Gasteiger partial charge in [0.2, 0.25) is 0 Å². The van der Waals surface area contributed by atoms with Crippen molar-refractivity contribution in [3.63, 3.8) is 0 Å². The maximum atomic E-state index is 12.8. The maximum Gasteiger partial charge on any atom is 0.255 e. The molecule has 1 aliphatic heterocycles. The van der Waals surface area contributed by atoms with Crippen LogP contribution in [0.3, 0.4) is 0 Å². The van der Waals surface area contributed by atoms with Crippen LogP contribution >= 0.6 is 0 Å². The van der Waals surface area contributed by atoms with Gasteiger partial charge in [-0.1, -0.05) is 31.4 Å². The molecule has 20 heavy (non-hydrogen) atoms. The fourth-order valence-electron chi connectivity index (χ4n) is 2.69. The number of carbonyl (C=O) groups is 1. The van der Waals surface area contributed by atoms with E-state index in [1.54, 1.807) is 0 Å². The van der Waals surface area contributed by atoms with Crippen molar-refractivity contribution < 1.29 is 4.79 Å². The maximum absolute atomic E-state index is 12.8. The van der Waals surface area contributed by atoms with E-state index in [1.165, 1.54) is 12.8 Å². The first-order valence-corrected chi connectivity index (χ1v) is 7.86. The molecule has 0 aromatic heterocycles. The molecule has 1 aromatic carbocycles. The number of nitrogens with one attached hydrogen (secondary N) is 1. The van der Waals surface area contributed by atoms with Crippen molar-refractivity contribution in [2.45, 2.75) is 46.0 Å². The van der Waals surface area contributed by atoms with E-state index in [1.807, 2.05) is 24.0 Å². The molecule has 0 unspecified atom stereocenters. The van der Waals surface area contributed by atoms with Crippen LogP contribution in [0.2, 0.25) is 0 Å². The molecule has 0 radical (unpaired) electrons. The van der Waals surface area contributed by atoms with E-state index in [2.05, 4.69) is 18.3 Å². The molecule has 110 valence electrons. The Kier molecular flexibility index (Phi) is 5.45. The van der Waals surface area contributed by atoms with Crippen molar-refractivity contribution >= 4 is 11.6 Å². The first-order chi connectivity index (χ1) is 9.72. The zero-order chi connectivity index (χ0) is 14.4. The summed E-state index contributed by atoms with van der Waals surface area (Å²) in [5.41, 5.74) is 2.96. The van der Waals surface area contributed by atoms with Gasteiger partial charge in [-0.25, -0.2) is 0 Å². The highest BCUT2D eigenvalue weighted by Gasteiger charge is 2.20. The van der Waals surface area contributed by atoms with E-state index in [4.69, 9.17) is 0 Å². The van der Waals surface area contributed by atoms with Crippen LogP contribution in [0.25, 0.3) is 0 Å². The number of carbonyl (C=O) groups excluding carboxylic acids is 1. The minimum absolute atomic E-state index is 0.189. The summed E-state index contributed by atoms with van der Waals surface area (Å²) in [5, 5.41) is 3.38. The van der Waals surface area contributed by atoms with Crippen molar-refractivity contribution in [3.8, 4) is 0 Å². The lowest BCUT2D eigenvalue weighted by Crippen LogP contribution is -2.32. The number of nitrogens with zero attached hydrogens (tertiary/aromatic N) is 1. The van der Waals surface area contributed by atoms with E-state index >= 15 is 0 Å². The standard InChI is InChI=1S/C17H26N2O/c1-3-10-18-16-9-8-14(2)13-15(16)17(20)19-11-6-4-5-7-12-19/h8-9,13,18H,3-7,10-12H2,1-2H3. The van der Waals surface area contributed by atoms with Crippen molar-refractivity contribution in [2.75, 3.05) is 25.0 Å². The third kappa shape index (κ3) is 3.75. The number of aryl methyl sites for hydroxylation is 1. The molecule has 1 amide bonds. The highest BCUT2D eigenvalue weighted by atomic mass is 16.2. The molecule has 1 N–H and O–H groups in total. The Bertz CT molecular complexity index is 448. The smallest absolute Gasteiger partial charge is 0.255 e. The van der Waals surface area contributed by atoms with Gasteiger partial charge in [0.1, 0.15) is 0 Å². The second-order valence-corrected chi connectivity index (χ2v) is 5.68. The van der Waals surface area contributed by atoms with E-state index in [9.17, 15) is 4.79 Å². The SMILES string of the molecule is CCCNc1ccc(C)cc1C(=O)N1CCCCCC1. The predicted octanol–water partition coefficient (Wildman–Crippen LogP) is 3.83. The third-order valence-corrected chi connectivity index (χ3v) is 3.86. The second-order valence-electron chi connectivity index (χ2n) is 5.68. The molecule has 1 heterocycles. The molecular formula is C17H26N2O. The van der Waals surface area contributed by atoms with Crippen LogP contribution in [-0.4, -0.2) is 30.4 Å². The largest absolute Gasteiger partial charge is 0.384 e. The molecule has 0 aliphatic carbocycles. The zero-order valence-electron chi connectivity index (χ0n) is 12.7. The van der Waals surface area contributed by atoms with Crippen molar-refractivity contribution in [1.29, 1.82) is 0 Å².